The Balaban J connectivity index is 2.28. The van der Waals surface area contributed by atoms with Crippen LogP contribution in [0.25, 0.3) is 0 Å². The standard InChI is InChI=1S/C13H11FN2OS/c1-8-7-9(14)5-6-11(8)17-12-4-2-3-10(16-12)13(15)18/h2-7H,1H3,(H2,15,18). The molecule has 92 valence electrons. The maximum atomic E-state index is 13.0. The van der Waals surface area contributed by atoms with E-state index in [0.717, 1.165) is 0 Å². The minimum absolute atomic E-state index is 0.205. The summed E-state index contributed by atoms with van der Waals surface area (Å²) in [6, 6.07) is 9.42. The monoisotopic (exact) mass is 262 g/mol. The molecule has 1 heterocycles. The Hall–Kier alpha value is -2.01. The highest BCUT2D eigenvalue weighted by molar-refractivity contribution is 7.80. The van der Waals surface area contributed by atoms with Gasteiger partial charge in [-0.15, -0.1) is 0 Å². The van der Waals surface area contributed by atoms with Crippen LogP contribution in [0.3, 0.4) is 0 Å². The van der Waals surface area contributed by atoms with Crippen LogP contribution in [0.4, 0.5) is 4.39 Å². The third-order valence-electron chi connectivity index (χ3n) is 2.33. The second-order valence-electron chi connectivity index (χ2n) is 3.74. The Morgan fingerprint density at radius 2 is 2.11 bits per heavy atom. The average Bonchev–Trinajstić information content (AvgIpc) is 2.33. The number of hydrogen-bond acceptors (Lipinski definition) is 3. The summed E-state index contributed by atoms with van der Waals surface area (Å²) in [5, 5.41) is 0. The van der Waals surface area contributed by atoms with Crippen molar-refractivity contribution < 1.29 is 9.13 Å². The van der Waals surface area contributed by atoms with E-state index in [4.69, 9.17) is 22.7 Å². The topological polar surface area (TPSA) is 48.1 Å². The van der Waals surface area contributed by atoms with Gasteiger partial charge in [-0.1, -0.05) is 18.3 Å². The van der Waals surface area contributed by atoms with Gasteiger partial charge in [0.05, 0.1) is 0 Å². The SMILES string of the molecule is Cc1cc(F)ccc1Oc1cccc(C(N)=S)n1. The van der Waals surface area contributed by atoms with Crippen LogP contribution < -0.4 is 10.5 Å². The molecule has 0 saturated carbocycles. The molecule has 0 aliphatic heterocycles. The van der Waals surface area contributed by atoms with E-state index in [0.29, 0.717) is 22.9 Å². The van der Waals surface area contributed by atoms with Gasteiger partial charge in [-0.3, -0.25) is 0 Å². The van der Waals surface area contributed by atoms with Gasteiger partial charge < -0.3 is 10.5 Å². The van der Waals surface area contributed by atoms with E-state index in [2.05, 4.69) is 4.98 Å². The van der Waals surface area contributed by atoms with Gasteiger partial charge in [-0.25, -0.2) is 9.37 Å². The second-order valence-corrected chi connectivity index (χ2v) is 4.18. The van der Waals surface area contributed by atoms with Gasteiger partial charge in [0.15, 0.2) is 0 Å². The molecule has 2 aromatic rings. The van der Waals surface area contributed by atoms with Gasteiger partial charge >= 0.3 is 0 Å². The van der Waals surface area contributed by atoms with Crippen LogP contribution in [0.1, 0.15) is 11.3 Å². The van der Waals surface area contributed by atoms with Crippen molar-refractivity contribution in [2.75, 3.05) is 0 Å². The molecule has 1 aromatic heterocycles. The molecule has 18 heavy (non-hydrogen) atoms. The lowest BCUT2D eigenvalue weighted by molar-refractivity contribution is 0.457. The number of aryl methyl sites for hydroxylation is 1. The van der Waals surface area contributed by atoms with E-state index in [1.165, 1.54) is 12.1 Å². The van der Waals surface area contributed by atoms with Crippen molar-refractivity contribution in [2.45, 2.75) is 6.92 Å². The van der Waals surface area contributed by atoms with Crippen LogP contribution in [0, 0.1) is 12.7 Å². The van der Waals surface area contributed by atoms with Crippen LogP contribution in [0.15, 0.2) is 36.4 Å². The van der Waals surface area contributed by atoms with Crippen LogP contribution in [-0.2, 0) is 0 Å². The first-order valence-corrected chi connectivity index (χ1v) is 5.68. The van der Waals surface area contributed by atoms with Gasteiger partial charge in [0.2, 0.25) is 5.88 Å². The third-order valence-corrected chi connectivity index (χ3v) is 2.54. The maximum absolute atomic E-state index is 13.0. The first-order valence-electron chi connectivity index (χ1n) is 5.27. The Morgan fingerprint density at radius 1 is 1.33 bits per heavy atom. The van der Waals surface area contributed by atoms with Crippen LogP contribution in [0.2, 0.25) is 0 Å². The number of nitrogens with two attached hydrogens (primary N) is 1. The summed E-state index contributed by atoms with van der Waals surface area (Å²) < 4.78 is 18.5. The summed E-state index contributed by atoms with van der Waals surface area (Å²) in [7, 11) is 0. The van der Waals surface area contributed by atoms with Crippen molar-refractivity contribution in [3.8, 4) is 11.6 Å². The normalized spacial score (nSPS) is 10.1. The van der Waals surface area contributed by atoms with Crippen LogP contribution in [-0.4, -0.2) is 9.97 Å². The number of rotatable bonds is 3. The zero-order chi connectivity index (χ0) is 13.1. The Kier molecular flexibility index (Phi) is 3.53. The van der Waals surface area contributed by atoms with Crippen LogP contribution >= 0.6 is 12.2 Å². The molecule has 1 aromatic carbocycles. The largest absolute Gasteiger partial charge is 0.439 e. The number of thiocarbonyl (C=S) groups is 1. The van der Waals surface area contributed by atoms with E-state index < -0.39 is 0 Å². The lowest BCUT2D eigenvalue weighted by Gasteiger charge is -2.08. The first kappa shape index (κ1) is 12.4. The van der Waals surface area contributed by atoms with E-state index in [1.807, 2.05) is 0 Å². The predicted molar refractivity (Wildman–Crippen MR) is 71.3 cm³/mol. The molecule has 0 bridgehead atoms. The third kappa shape index (κ3) is 2.81. The fourth-order valence-electron chi connectivity index (χ4n) is 1.45. The quantitative estimate of drug-likeness (QED) is 0.864. The molecule has 3 nitrogen and oxygen atoms in total. The van der Waals surface area contributed by atoms with Gasteiger partial charge in [0.1, 0.15) is 22.2 Å². The van der Waals surface area contributed by atoms with E-state index in [-0.39, 0.29) is 10.8 Å². The molecule has 0 aliphatic rings. The molecule has 5 heteroatoms. The van der Waals surface area contributed by atoms with E-state index in [1.54, 1.807) is 31.2 Å². The van der Waals surface area contributed by atoms with Crippen molar-refractivity contribution in [3.05, 3.63) is 53.5 Å². The zero-order valence-electron chi connectivity index (χ0n) is 9.68. The number of benzene rings is 1. The Bertz CT molecular complexity index is 601. The molecule has 0 atom stereocenters. The summed E-state index contributed by atoms with van der Waals surface area (Å²) in [6.07, 6.45) is 0. The molecular formula is C13H11FN2OS. The number of pyridine rings is 1. The molecule has 0 aliphatic carbocycles. The Morgan fingerprint density at radius 3 is 2.78 bits per heavy atom. The van der Waals surface area contributed by atoms with Crippen molar-refractivity contribution in [3.63, 3.8) is 0 Å². The summed E-state index contributed by atoms with van der Waals surface area (Å²) in [5.41, 5.74) is 6.67. The molecule has 2 rings (SSSR count). The number of nitrogens with zero attached hydrogens (tertiary/aromatic N) is 1. The van der Waals surface area contributed by atoms with Crippen molar-refractivity contribution in [1.29, 1.82) is 0 Å². The molecule has 0 saturated heterocycles. The first-order chi connectivity index (χ1) is 8.56. The number of halogens is 1. The number of hydrogen-bond donors (Lipinski definition) is 1. The summed E-state index contributed by atoms with van der Waals surface area (Å²) in [6.45, 7) is 1.76. The van der Waals surface area contributed by atoms with Crippen molar-refractivity contribution >= 4 is 17.2 Å². The fraction of sp³-hybridized carbons (Fsp3) is 0.0769. The molecule has 0 spiro atoms. The maximum Gasteiger partial charge on any atom is 0.219 e. The van der Waals surface area contributed by atoms with E-state index in [9.17, 15) is 4.39 Å². The van der Waals surface area contributed by atoms with Gasteiger partial charge in [0.25, 0.3) is 0 Å². The minimum atomic E-state index is -0.301. The van der Waals surface area contributed by atoms with Crippen molar-refractivity contribution in [2.24, 2.45) is 5.73 Å². The summed E-state index contributed by atoms with van der Waals surface area (Å²) in [4.78, 5) is 4.35. The molecule has 0 fully saturated rings. The highest BCUT2D eigenvalue weighted by Crippen LogP contribution is 2.24. The minimum Gasteiger partial charge on any atom is -0.439 e. The molecule has 2 N–H and O–H groups in total. The fourth-order valence-corrected chi connectivity index (χ4v) is 1.56. The highest BCUT2D eigenvalue weighted by atomic mass is 32.1. The van der Waals surface area contributed by atoms with Gasteiger partial charge in [-0.05, 0) is 36.8 Å². The Labute approximate surface area is 109 Å². The van der Waals surface area contributed by atoms with Crippen LogP contribution in [0.5, 0.6) is 11.6 Å². The number of aromatic nitrogens is 1. The highest BCUT2D eigenvalue weighted by Gasteiger charge is 2.05. The lowest BCUT2D eigenvalue weighted by atomic mass is 10.2. The number of ether oxygens (including phenoxy) is 1. The molecule has 0 unspecified atom stereocenters. The van der Waals surface area contributed by atoms with Gasteiger partial charge in [0, 0.05) is 6.07 Å². The smallest absolute Gasteiger partial charge is 0.219 e. The predicted octanol–water partition coefficient (Wildman–Crippen LogP) is 2.96. The lowest BCUT2D eigenvalue weighted by Crippen LogP contribution is -2.11. The molecular weight excluding hydrogens is 251 g/mol. The second kappa shape index (κ2) is 5.10. The van der Waals surface area contributed by atoms with E-state index >= 15 is 0 Å². The summed E-state index contributed by atoms with van der Waals surface area (Å²) in [5.74, 6) is 0.615. The van der Waals surface area contributed by atoms with Gasteiger partial charge in [-0.2, -0.15) is 0 Å². The average molecular weight is 262 g/mol. The summed E-state index contributed by atoms with van der Waals surface area (Å²) >= 11 is 4.84. The zero-order valence-corrected chi connectivity index (χ0v) is 10.5. The van der Waals surface area contributed by atoms with Crippen molar-refractivity contribution in [1.82, 2.24) is 4.98 Å². The molecule has 0 amide bonds. The molecule has 0 radical (unpaired) electrons.